The van der Waals surface area contributed by atoms with E-state index < -0.39 is 27.6 Å². The number of carbonyl (C=O) groups excluding carboxylic acids is 1. The number of aryl methyl sites for hydroxylation is 2. The number of hydrogen-bond donors (Lipinski definition) is 1. The lowest BCUT2D eigenvalue weighted by Crippen LogP contribution is -2.44. The molecule has 8 nitrogen and oxygen atoms in total. The van der Waals surface area contributed by atoms with Crippen molar-refractivity contribution >= 4 is 15.8 Å². The molecule has 0 aliphatic rings. The maximum atomic E-state index is 12.9. The van der Waals surface area contributed by atoms with Crippen molar-refractivity contribution in [2.45, 2.75) is 50.6 Å². The minimum Gasteiger partial charge on any atom is -0.392 e. The van der Waals surface area contributed by atoms with Crippen LogP contribution in [0.2, 0.25) is 0 Å². The normalized spacial score (nSPS) is 12.7. The summed E-state index contributed by atoms with van der Waals surface area (Å²) in [5, 5.41) is 4.12. The molecule has 1 atom stereocenters. The first kappa shape index (κ1) is 23.6. The summed E-state index contributed by atoms with van der Waals surface area (Å²) in [4.78, 5) is 25.2. The molecule has 3 rings (SSSR count). The van der Waals surface area contributed by atoms with Crippen molar-refractivity contribution in [3.63, 3.8) is 0 Å². The molecule has 0 saturated carbocycles. The van der Waals surface area contributed by atoms with E-state index in [9.17, 15) is 18.0 Å². The van der Waals surface area contributed by atoms with Crippen molar-refractivity contribution in [2.24, 2.45) is 5.92 Å². The second-order valence-corrected chi connectivity index (χ2v) is 9.70. The van der Waals surface area contributed by atoms with Gasteiger partial charge < -0.3 is 4.42 Å². The number of aromatic nitrogens is 2. The van der Waals surface area contributed by atoms with Crippen molar-refractivity contribution < 1.29 is 17.6 Å². The van der Waals surface area contributed by atoms with Gasteiger partial charge in [0.25, 0.3) is 0 Å². The van der Waals surface area contributed by atoms with E-state index >= 15 is 0 Å². The van der Waals surface area contributed by atoms with E-state index in [-0.39, 0.29) is 23.2 Å². The van der Waals surface area contributed by atoms with Crippen LogP contribution in [0.3, 0.4) is 0 Å². The predicted octanol–water partition coefficient (Wildman–Crippen LogP) is 2.58. The highest BCUT2D eigenvalue weighted by Gasteiger charge is 2.27. The summed E-state index contributed by atoms with van der Waals surface area (Å²) in [7, 11) is -3.89. The first-order valence-corrected chi connectivity index (χ1v) is 11.9. The van der Waals surface area contributed by atoms with Crippen molar-refractivity contribution in [3.05, 3.63) is 82.7 Å². The molecule has 0 radical (unpaired) electrons. The van der Waals surface area contributed by atoms with E-state index in [2.05, 4.69) is 9.82 Å². The monoisotopic (exact) mass is 457 g/mol. The number of carbonyl (C=O) groups is 1. The Bertz CT molecular complexity index is 1190. The molecule has 3 aromatic rings. The third-order valence-corrected chi connectivity index (χ3v) is 6.36. The number of ketones is 1. The summed E-state index contributed by atoms with van der Waals surface area (Å²) in [6, 6.07) is 16.6. The Morgan fingerprint density at radius 2 is 1.66 bits per heavy atom. The number of hydrogen-bond acceptors (Lipinski definition) is 6. The Labute approximate surface area is 187 Å². The van der Waals surface area contributed by atoms with Gasteiger partial charge >= 0.3 is 5.76 Å². The first-order valence-electron chi connectivity index (χ1n) is 10.5. The van der Waals surface area contributed by atoms with Crippen LogP contribution in [0, 0.1) is 5.92 Å². The second kappa shape index (κ2) is 10.5. The van der Waals surface area contributed by atoms with Gasteiger partial charge in [0.1, 0.15) is 6.54 Å². The molecule has 0 unspecified atom stereocenters. The Hall–Kier alpha value is -3.04. The zero-order valence-electron chi connectivity index (χ0n) is 18.1. The number of nitrogens with one attached hydrogen (secondary N) is 1. The SMILES string of the molecule is CC(C)C[C@H](NS(=O)(=O)c1ccccc1)C(=O)Cn1nc(CCc2ccccc2)oc1=O. The summed E-state index contributed by atoms with van der Waals surface area (Å²) < 4.78 is 34.0. The minimum absolute atomic E-state index is 0.0536. The van der Waals surface area contributed by atoms with Crippen molar-refractivity contribution in [3.8, 4) is 0 Å². The molecule has 0 amide bonds. The van der Waals surface area contributed by atoms with Crippen LogP contribution in [-0.2, 0) is 34.2 Å². The molecule has 1 N–H and O–H groups in total. The van der Waals surface area contributed by atoms with Crippen molar-refractivity contribution in [1.29, 1.82) is 0 Å². The minimum atomic E-state index is -3.89. The van der Waals surface area contributed by atoms with Crippen LogP contribution in [0.25, 0.3) is 0 Å². The Kier molecular flexibility index (Phi) is 7.76. The van der Waals surface area contributed by atoms with Crippen molar-refractivity contribution in [2.75, 3.05) is 0 Å². The van der Waals surface area contributed by atoms with Crippen LogP contribution >= 0.6 is 0 Å². The first-order chi connectivity index (χ1) is 15.2. The highest BCUT2D eigenvalue weighted by Crippen LogP contribution is 2.13. The summed E-state index contributed by atoms with van der Waals surface area (Å²) in [6.07, 6.45) is 1.34. The Morgan fingerprint density at radius 3 is 2.28 bits per heavy atom. The lowest BCUT2D eigenvalue weighted by Gasteiger charge is -2.19. The van der Waals surface area contributed by atoms with Crippen LogP contribution in [0.4, 0.5) is 0 Å². The van der Waals surface area contributed by atoms with Gasteiger partial charge in [-0.3, -0.25) is 4.79 Å². The van der Waals surface area contributed by atoms with Crippen LogP contribution in [0.15, 0.2) is 74.8 Å². The largest absolute Gasteiger partial charge is 0.437 e. The summed E-state index contributed by atoms with van der Waals surface area (Å²) in [5.41, 5.74) is 1.08. The molecule has 0 bridgehead atoms. The van der Waals surface area contributed by atoms with Crippen LogP contribution in [0.5, 0.6) is 0 Å². The molecule has 170 valence electrons. The molecular weight excluding hydrogens is 430 g/mol. The molecule has 1 aromatic heterocycles. The van der Waals surface area contributed by atoms with Gasteiger partial charge in [-0.25, -0.2) is 17.9 Å². The standard InChI is InChI=1S/C23H27N3O5S/c1-17(2)15-20(25-32(29,30)19-11-7-4-8-12-19)21(27)16-26-23(28)31-22(24-26)14-13-18-9-5-3-6-10-18/h3-12,17,20,25H,13-16H2,1-2H3/t20-/m0/s1. The van der Waals surface area contributed by atoms with Crippen LogP contribution in [0.1, 0.15) is 31.7 Å². The number of benzene rings is 2. The number of sulfonamides is 1. The summed E-state index contributed by atoms with van der Waals surface area (Å²) in [5.74, 6) is -0.909. The van der Waals surface area contributed by atoms with Crippen LogP contribution in [-0.4, -0.2) is 30.0 Å². The van der Waals surface area contributed by atoms with Gasteiger partial charge in [0.05, 0.1) is 10.9 Å². The second-order valence-electron chi connectivity index (χ2n) is 7.99. The molecule has 0 aliphatic heterocycles. The van der Waals surface area contributed by atoms with E-state index in [0.29, 0.717) is 19.3 Å². The highest BCUT2D eigenvalue weighted by atomic mass is 32.2. The van der Waals surface area contributed by atoms with E-state index in [1.807, 2.05) is 44.2 Å². The van der Waals surface area contributed by atoms with E-state index in [4.69, 9.17) is 4.42 Å². The molecule has 0 spiro atoms. The van der Waals surface area contributed by atoms with E-state index in [1.54, 1.807) is 18.2 Å². The lowest BCUT2D eigenvalue weighted by molar-refractivity contribution is -0.121. The van der Waals surface area contributed by atoms with Gasteiger partial charge in [-0.2, -0.15) is 4.68 Å². The number of Topliss-reactive ketones (excluding diaryl/α,β-unsaturated/α-hetero) is 1. The quantitative estimate of drug-likeness (QED) is 0.474. The summed E-state index contributed by atoms with van der Waals surface area (Å²) >= 11 is 0. The Morgan fingerprint density at radius 1 is 1.03 bits per heavy atom. The molecule has 32 heavy (non-hydrogen) atoms. The average Bonchev–Trinajstić information content (AvgIpc) is 3.12. The fraction of sp³-hybridized carbons (Fsp3) is 0.348. The van der Waals surface area contributed by atoms with Gasteiger partial charge in [-0.05, 0) is 36.5 Å². The van der Waals surface area contributed by atoms with Gasteiger partial charge in [0.2, 0.25) is 15.9 Å². The maximum Gasteiger partial charge on any atom is 0.437 e. The fourth-order valence-corrected chi connectivity index (χ4v) is 4.53. The average molecular weight is 458 g/mol. The highest BCUT2D eigenvalue weighted by molar-refractivity contribution is 7.89. The molecule has 0 saturated heterocycles. The predicted molar refractivity (Wildman–Crippen MR) is 120 cm³/mol. The topological polar surface area (TPSA) is 111 Å². The zero-order chi connectivity index (χ0) is 23.1. The van der Waals surface area contributed by atoms with Crippen molar-refractivity contribution in [1.82, 2.24) is 14.5 Å². The molecule has 0 aliphatic carbocycles. The molecule has 9 heteroatoms. The third-order valence-electron chi connectivity index (χ3n) is 4.87. The zero-order valence-corrected chi connectivity index (χ0v) is 18.9. The van der Waals surface area contributed by atoms with E-state index in [0.717, 1.165) is 10.2 Å². The molecular formula is C23H27N3O5S. The van der Waals surface area contributed by atoms with Gasteiger partial charge in [-0.15, -0.1) is 5.10 Å². The molecule has 2 aromatic carbocycles. The number of rotatable bonds is 11. The molecule has 1 heterocycles. The smallest absolute Gasteiger partial charge is 0.392 e. The van der Waals surface area contributed by atoms with Gasteiger partial charge in [-0.1, -0.05) is 62.4 Å². The Balaban J connectivity index is 1.71. The molecule has 0 fully saturated rings. The van der Waals surface area contributed by atoms with E-state index in [1.165, 1.54) is 12.1 Å². The summed E-state index contributed by atoms with van der Waals surface area (Å²) in [6.45, 7) is 3.41. The fourth-order valence-electron chi connectivity index (χ4n) is 3.28. The van der Waals surface area contributed by atoms with Crippen LogP contribution < -0.4 is 10.5 Å². The maximum absolute atomic E-state index is 12.9. The van der Waals surface area contributed by atoms with Gasteiger partial charge in [0, 0.05) is 6.42 Å². The lowest BCUT2D eigenvalue weighted by atomic mass is 10.0. The van der Waals surface area contributed by atoms with Gasteiger partial charge in [0.15, 0.2) is 5.78 Å². The number of nitrogens with zero attached hydrogens (tertiary/aromatic N) is 2. The third kappa shape index (κ3) is 6.48.